The van der Waals surface area contributed by atoms with Crippen LogP contribution in [-0.2, 0) is 24.9 Å². The minimum atomic E-state index is -0.436. The van der Waals surface area contributed by atoms with Gasteiger partial charge in [-0.15, -0.1) is 0 Å². The summed E-state index contributed by atoms with van der Waals surface area (Å²) < 4.78 is 8.73. The van der Waals surface area contributed by atoms with Crippen LogP contribution >= 0.6 is 0 Å². The number of aryl methyl sites for hydroxylation is 1. The molecule has 1 aliphatic heterocycles. The Balaban J connectivity index is 2.11. The molecule has 1 fully saturated rings. The highest BCUT2D eigenvalue weighted by atomic mass is 16.5. The average molecular weight is 321 g/mol. The highest BCUT2D eigenvalue weighted by Crippen LogP contribution is 2.15. The van der Waals surface area contributed by atoms with E-state index < -0.39 is 5.69 Å². The fourth-order valence-electron chi connectivity index (χ4n) is 2.92. The molecule has 3 rings (SSSR count). The number of aromatic nitrogens is 4. The van der Waals surface area contributed by atoms with Crippen molar-refractivity contribution in [2.75, 3.05) is 26.3 Å². The second-order valence-corrected chi connectivity index (χ2v) is 6.41. The first-order valence-electron chi connectivity index (χ1n) is 7.96. The van der Waals surface area contributed by atoms with Crippen molar-refractivity contribution in [2.24, 2.45) is 13.0 Å². The summed E-state index contributed by atoms with van der Waals surface area (Å²) in [5.74, 6) is 1.19. The molecular weight excluding hydrogens is 298 g/mol. The second-order valence-electron chi connectivity index (χ2n) is 6.41. The van der Waals surface area contributed by atoms with E-state index >= 15 is 0 Å². The molecule has 0 atom stereocenters. The quantitative estimate of drug-likeness (QED) is 0.851. The number of imidazole rings is 1. The van der Waals surface area contributed by atoms with Crippen LogP contribution in [0.5, 0.6) is 0 Å². The molecule has 0 aliphatic carbocycles. The molecule has 1 saturated heterocycles. The number of hydrogen-bond acceptors (Lipinski definition) is 5. The molecule has 0 amide bonds. The topological polar surface area (TPSA) is 85.2 Å². The minimum Gasteiger partial charge on any atom is -0.379 e. The third-order valence-electron chi connectivity index (χ3n) is 4.10. The molecule has 2 aromatic heterocycles. The van der Waals surface area contributed by atoms with E-state index in [9.17, 15) is 9.59 Å². The SMILES string of the molecule is CC(C)Cn1c(CN2CCOCC2)nc2c1c(=O)[nH]c(=O)n2C. The van der Waals surface area contributed by atoms with Crippen LogP contribution in [0.15, 0.2) is 9.59 Å². The van der Waals surface area contributed by atoms with Gasteiger partial charge in [0.2, 0.25) is 0 Å². The third kappa shape index (κ3) is 3.09. The lowest BCUT2D eigenvalue weighted by molar-refractivity contribution is 0.0326. The molecule has 8 nitrogen and oxygen atoms in total. The van der Waals surface area contributed by atoms with E-state index in [1.165, 1.54) is 4.57 Å². The Bertz CT molecular complexity index is 811. The van der Waals surface area contributed by atoms with E-state index in [0.29, 0.717) is 43.4 Å². The molecular formula is C15H23N5O3. The molecule has 8 heteroatoms. The molecule has 0 spiro atoms. The van der Waals surface area contributed by atoms with Crippen molar-refractivity contribution < 1.29 is 4.74 Å². The maximum atomic E-state index is 12.3. The first-order valence-corrected chi connectivity index (χ1v) is 7.96. The van der Waals surface area contributed by atoms with Gasteiger partial charge in [0.15, 0.2) is 11.2 Å². The predicted octanol–water partition coefficient (Wildman–Crippen LogP) is -0.0885. The third-order valence-corrected chi connectivity index (χ3v) is 4.10. The summed E-state index contributed by atoms with van der Waals surface area (Å²) in [6, 6.07) is 0. The number of hydrogen-bond donors (Lipinski definition) is 1. The Kier molecular flexibility index (Phi) is 4.36. The van der Waals surface area contributed by atoms with Gasteiger partial charge < -0.3 is 9.30 Å². The van der Waals surface area contributed by atoms with E-state index in [4.69, 9.17) is 4.74 Å². The number of rotatable bonds is 4. The highest BCUT2D eigenvalue weighted by Gasteiger charge is 2.20. The highest BCUT2D eigenvalue weighted by molar-refractivity contribution is 5.70. The van der Waals surface area contributed by atoms with E-state index in [-0.39, 0.29) is 5.56 Å². The lowest BCUT2D eigenvalue weighted by Crippen LogP contribution is -2.36. The lowest BCUT2D eigenvalue weighted by atomic mass is 10.2. The van der Waals surface area contributed by atoms with Crippen molar-refractivity contribution in [3.63, 3.8) is 0 Å². The van der Waals surface area contributed by atoms with Gasteiger partial charge in [0.05, 0.1) is 19.8 Å². The number of H-pyrrole nitrogens is 1. The average Bonchev–Trinajstić information content (AvgIpc) is 2.84. The smallest absolute Gasteiger partial charge is 0.329 e. The largest absolute Gasteiger partial charge is 0.379 e. The van der Waals surface area contributed by atoms with Crippen molar-refractivity contribution in [1.82, 2.24) is 24.0 Å². The van der Waals surface area contributed by atoms with Gasteiger partial charge in [-0.3, -0.25) is 19.2 Å². The zero-order valence-electron chi connectivity index (χ0n) is 13.8. The maximum Gasteiger partial charge on any atom is 0.329 e. The molecule has 0 saturated carbocycles. The fraction of sp³-hybridized carbons (Fsp3) is 0.667. The van der Waals surface area contributed by atoms with Crippen molar-refractivity contribution in [2.45, 2.75) is 26.9 Å². The van der Waals surface area contributed by atoms with Crippen LogP contribution in [0, 0.1) is 5.92 Å². The van der Waals surface area contributed by atoms with Crippen LogP contribution in [0.2, 0.25) is 0 Å². The molecule has 1 N–H and O–H groups in total. The number of fused-ring (bicyclic) bond motifs is 1. The Hall–Kier alpha value is -1.93. The summed E-state index contributed by atoms with van der Waals surface area (Å²) in [7, 11) is 1.63. The van der Waals surface area contributed by atoms with Gasteiger partial charge in [0, 0.05) is 26.7 Å². The van der Waals surface area contributed by atoms with Gasteiger partial charge in [-0.1, -0.05) is 13.8 Å². The van der Waals surface area contributed by atoms with Crippen LogP contribution in [0.4, 0.5) is 0 Å². The summed E-state index contributed by atoms with van der Waals surface area (Å²) in [5, 5.41) is 0. The van der Waals surface area contributed by atoms with E-state index in [1.807, 2.05) is 4.57 Å². The fourth-order valence-corrected chi connectivity index (χ4v) is 2.92. The Morgan fingerprint density at radius 2 is 1.96 bits per heavy atom. The van der Waals surface area contributed by atoms with Crippen molar-refractivity contribution in [3.8, 4) is 0 Å². The molecule has 0 bridgehead atoms. The molecule has 0 radical (unpaired) electrons. The summed E-state index contributed by atoms with van der Waals surface area (Å²) in [4.78, 5) is 33.3. The lowest BCUT2D eigenvalue weighted by Gasteiger charge is -2.26. The van der Waals surface area contributed by atoms with E-state index in [0.717, 1.165) is 18.9 Å². The van der Waals surface area contributed by atoms with E-state index in [2.05, 4.69) is 28.7 Å². The normalized spacial score (nSPS) is 16.5. The number of aromatic amines is 1. The second kappa shape index (κ2) is 6.29. The van der Waals surface area contributed by atoms with E-state index in [1.54, 1.807) is 7.05 Å². The standard InChI is InChI=1S/C15H23N5O3/c1-10(2)8-20-11(9-19-4-6-23-7-5-19)16-13-12(20)14(21)17-15(22)18(13)3/h10H,4-9H2,1-3H3,(H,17,21,22). The Morgan fingerprint density at radius 3 is 2.61 bits per heavy atom. The van der Waals surface area contributed by atoms with Gasteiger partial charge >= 0.3 is 5.69 Å². The summed E-state index contributed by atoms with van der Waals surface area (Å²) in [6.07, 6.45) is 0. The molecule has 0 aromatic carbocycles. The summed E-state index contributed by atoms with van der Waals surface area (Å²) >= 11 is 0. The molecule has 126 valence electrons. The van der Waals surface area contributed by atoms with Crippen molar-refractivity contribution in [3.05, 3.63) is 26.7 Å². The van der Waals surface area contributed by atoms with Gasteiger partial charge in [0.1, 0.15) is 5.82 Å². The number of nitrogens with one attached hydrogen (secondary N) is 1. The van der Waals surface area contributed by atoms with Gasteiger partial charge in [-0.25, -0.2) is 9.78 Å². The first-order chi connectivity index (χ1) is 11.0. The molecule has 2 aromatic rings. The van der Waals surface area contributed by atoms with Crippen LogP contribution in [-0.4, -0.2) is 50.3 Å². The summed E-state index contributed by atoms with van der Waals surface area (Å²) in [6.45, 7) is 8.66. The molecule has 0 unspecified atom stereocenters. The van der Waals surface area contributed by atoms with Crippen molar-refractivity contribution in [1.29, 1.82) is 0 Å². The van der Waals surface area contributed by atoms with Crippen LogP contribution in [0.1, 0.15) is 19.7 Å². The van der Waals surface area contributed by atoms with Crippen LogP contribution in [0.25, 0.3) is 11.2 Å². The first kappa shape index (κ1) is 15.9. The maximum absolute atomic E-state index is 12.3. The zero-order valence-corrected chi connectivity index (χ0v) is 13.8. The van der Waals surface area contributed by atoms with Gasteiger partial charge in [-0.2, -0.15) is 0 Å². The monoisotopic (exact) mass is 321 g/mol. The zero-order chi connectivity index (χ0) is 16.6. The predicted molar refractivity (Wildman–Crippen MR) is 86.5 cm³/mol. The van der Waals surface area contributed by atoms with Gasteiger partial charge in [0.25, 0.3) is 5.56 Å². The van der Waals surface area contributed by atoms with Crippen molar-refractivity contribution >= 4 is 11.2 Å². The molecule has 1 aliphatic rings. The number of morpholine rings is 1. The van der Waals surface area contributed by atoms with Crippen LogP contribution in [0.3, 0.4) is 0 Å². The molecule has 23 heavy (non-hydrogen) atoms. The number of nitrogens with zero attached hydrogens (tertiary/aromatic N) is 4. The Labute approximate surface area is 133 Å². The number of ether oxygens (including phenoxy) is 1. The minimum absolute atomic E-state index is 0.368. The summed E-state index contributed by atoms with van der Waals surface area (Å²) in [5.41, 5.74) is 0.116. The van der Waals surface area contributed by atoms with Crippen LogP contribution < -0.4 is 11.2 Å². The van der Waals surface area contributed by atoms with Gasteiger partial charge in [-0.05, 0) is 5.92 Å². The molecule has 3 heterocycles. The Morgan fingerprint density at radius 1 is 1.26 bits per heavy atom.